The highest BCUT2D eigenvalue weighted by molar-refractivity contribution is 7.89. The Labute approximate surface area is 200 Å². The molecule has 1 amide bonds. The average molecular weight is 487 g/mol. The van der Waals surface area contributed by atoms with E-state index >= 15 is 0 Å². The van der Waals surface area contributed by atoms with E-state index < -0.39 is 40.3 Å². The van der Waals surface area contributed by atoms with Crippen LogP contribution in [0.1, 0.15) is 53.0 Å². The molecule has 182 valence electrons. The number of ketones is 1. The monoisotopic (exact) mass is 486 g/mol. The Bertz CT molecular complexity index is 1150. The minimum atomic E-state index is -3.57. The van der Waals surface area contributed by atoms with Crippen LogP contribution in [0.25, 0.3) is 0 Å². The zero-order chi connectivity index (χ0) is 24.9. The zero-order valence-corrected chi connectivity index (χ0v) is 20.4. The van der Waals surface area contributed by atoms with Gasteiger partial charge in [0.05, 0.1) is 4.90 Å². The van der Waals surface area contributed by atoms with Crippen LogP contribution in [0, 0.1) is 12.8 Å². The third kappa shape index (κ3) is 6.09. The van der Waals surface area contributed by atoms with Crippen molar-refractivity contribution in [3.8, 4) is 0 Å². The summed E-state index contributed by atoms with van der Waals surface area (Å²) in [4.78, 5) is 37.8. The van der Waals surface area contributed by atoms with Gasteiger partial charge in [-0.1, -0.05) is 31.5 Å². The lowest BCUT2D eigenvalue weighted by Gasteiger charge is -2.21. The van der Waals surface area contributed by atoms with Gasteiger partial charge in [-0.3, -0.25) is 9.59 Å². The summed E-state index contributed by atoms with van der Waals surface area (Å²) in [6.45, 7) is 5.88. The van der Waals surface area contributed by atoms with Crippen LogP contribution in [0.4, 0.5) is 0 Å². The number of rotatable bonds is 9. The van der Waals surface area contributed by atoms with E-state index in [4.69, 9.17) is 4.74 Å². The van der Waals surface area contributed by atoms with Crippen molar-refractivity contribution >= 4 is 27.7 Å². The molecule has 9 heteroatoms. The first-order valence-electron chi connectivity index (χ1n) is 11.3. The van der Waals surface area contributed by atoms with Gasteiger partial charge in [0.2, 0.25) is 10.0 Å². The Kier molecular flexibility index (Phi) is 8.22. The predicted octanol–water partition coefficient (Wildman–Crippen LogP) is 2.96. The number of hydrogen-bond donors (Lipinski definition) is 1. The molecule has 3 rings (SSSR count). The maximum absolute atomic E-state index is 12.6. The molecule has 0 bridgehead atoms. The molecule has 1 unspecified atom stereocenters. The van der Waals surface area contributed by atoms with Gasteiger partial charge < -0.3 is 10.1 Å². The van der Waals surface area contributed by atoms with Crippen LogP contribution in [-0.2, 0) is 19.6 Å². The van der Waals surface area contributed by atoms with Crippen molar-refractivity contribution in [1.29, 1.82) is 0 Å². The van der Waals surface area contributed by atoms with Crippen molar-refractivity contribution in [3.05, 3.63) is 65.2 Å². The quantitative estimate of drug-likeness (QED) is 0.431. The van der Waals surface area contributed by atoms with Gasteiger partial charge in [-0.25, -0.2) is 13.2 Å². The third-order valence-corrected chi connectivity index (χ3v) is 7.62. The highest BCUT2D eigenvalue weighted by atomic mass is 32.2. The van der Waals surface area contributed by atoms with E-state index in [2.05, 4.69) is 5.32 Å². The number of ether oxygens (including phenoxy) is 1. The van der Waals surface area contributed by atoms with Crippen LogP contribution in [0.15, 0.2) is 53.4 Å². The third-order valence-electron chi connectivity index (χ3n) is 5.71. The number of sulfonamides is 1. The number of esters is 1. The Balaban J connectivity index is 1.60. The van der Waals surface area contributed by atoms with Crippen molar-refractivity contribution in [2.75, 3.05) is 19.7 Å². The van der Waals surface area contributed by atoms with Crippen molar-refractivity contribution in [2.45, 2.75) is 44.6 Å². The van der Waals surface area contributed by atoms with E-state index in [0.29, 0.717) is 18.7 Å². The number of Topliss-reactive ketones (excluding diaryl/α,β-unsaturated/α-hetero) is 1. The first-order chi connectivity index (χ1) is 16.1. The fraction of sp³-hybridized carbons (Fsp3) is 0.400. The summed E-state index contributed by atoms with van der Waals surface area (Å²) in [5.74, 6) is -1.84. The second kappa shape index (κ2) is 10.9. The van der Waals surface area contributed by atoms with Crippen LogP contribution in [0.2, 0.25) is 0 Å². The summed E-state index contributed by atoms with van der Waals surface area (Å²) < 4.78 is 31.9. The Morgan fingerprint density at radius 2 is 1.65 bits per heavy atom. The number of nitrogens with zero attached hydrogens (tertiary/aromatic N) is 1. The smallest absolute Gasteiger partial charge is 0.329 e. The lowest BCUT2D eigenvalue weighted by Crippen LogP contribution is -2.45. The number of nitrogens with one attached hydrogen (secondary N) is 1. The Morgan fingerprint density at radius 1 is 1.00 bits per heavy atom. The molecule has 8 nitrogen and oxygen atoms in total. The SMILES string of the molecule is Cc1cccc(C(=O)NC(C(=O)OCC(=O)c2ccc(S(=O)(=O)N3CCCC3)cc2)C(C)C)c1. The van der Waals surface area contributed by atoms with Crippen LogP contribution in [0.3, 0.4) is 0 Å². The van der Waals surface area contributed by atoms with E-state index in [1.807, 2.05) is 13.0 Å². The standard InChI is InChI=1S/C25H30N2O6S/c1-17(2)23(26-24(29)20-8-6-7-18(3)15-20)25(30)33-16-22(28)19-9-11-21(12-10-19)34(31,32)27-13-4-5-14-27/h6-12,15,17,23H,4-5,13-14,16H2,1-3H3,(H,26,29). The van der Waals surface area contributed by atoms with E-state index in [-0.39, 0.29) is 16.4 Å². The second-order valence-electron chi connectivity index (χ2n) is 8.73. The fourth-order valence-corrected chi connectivity index (χ4v) is 5.23. The second-order valence-corrected chi connectivity index (χ2v) is 10.7. The summed E-state index contributed by atoms with van der Waals surface area (Å²) in [6.07, 6.45) is 1.67. The number of carbonyl (C=O) groups is 3. The Morgan fingerprint density at radius 3 is 2.24 bits per heavy atom. The van der Waals surface area contributed by atoms with Crippen LogP contribution >= 0.6 is 0 Å². The van der Waals surface area contributed by atoms with Crippen molar-refractivity contribution in [3.63, 3.8) is 0 Å². The largest absolute Gasteiger partial charge is 0.456 e. The van der Waals surface area contributed by atoms with E-state index in [1.165, 1.54) is 28.6 Å². The number of amides is 1. The minimum Gasteiger partial charge on any atom is -0.456 e. The van der Waals surface area contributed by atoms with Gasteiger partial charge in [-0.15, -0.1) is 0 Å². The maximum Gasteiger partial charge on any atom is 0.329 e. The molecule has 1 aliphatic heterocycles. The van der Waals surface area contributed by atoms with Crippen molar-refractivity contribution in [1.82, 2.24) is 9.62 Å². The number of benzene rings is 2. The number of aryl methyl sites for hydroxylation is 1. The first-order valence-corrected chi connectivity index (χ1v) is 12.7. The van der Waals surface area contributed by atoms with Gasteiger partial charge in [0, 0.05) is 24.2 Å². The summed E-state index contributed by atoms with van der Waals surface area (Å²) >= 11 is 0. The van der Waals surface area contributed by atoms with Gasteiger partial charge in [0.15, 0.2) is 12.4 Å². The van der Waals surface area contributed by atoms with Gasteiger partial charge in [-0.2, -0.15) is 4.31 Å². The van der Waals surface area contributed by atoms with Gasteiger partial charge in [0.25, 0.3) is 5.91 Å². The molecule has 1 N–H and O–H groups in total. The fourth-order valence-electron chi connectivity index (χ4n) is 3.71. The molecule has 0 aromatic heterocycles. The van der Waals surface area contributed by atoms with Gasteiger partial charge in [0.1, 0.15) is 6.04 Å². The summed E-state index contributed by atoms with van der Waals surface area (Å²) in [7, 11) is -3.57. The lowest BCUT2D eigenvalue weighted by atomic mass is 10.0. The van der Waals surface area contributed by atoms with Crippen LogP contribution in [0.5, 0.6) is 0 Å². The van der Waals surface area contributed by atoms with Gasteiger partial charge in [-0.05, 0) is 62.1 Å². The molecular weight excluding hydrogens is 456 g/mol. The van der Waals surface area contributed by atoms with Crippen LogP contribution < -0.4 is 5.32 Å². The van der Waals surface area contributed by atoms with E-state index in [1.54, 1.807) is 32.0 Å². The molecule has 1 saturated heterocycles. The molecule has 1 atom stereocenters. The molecule has 2 aromatic rings. The van der Waals surface area contributed by atoms with Crippen LogP contribution in [-0.4, -0.2) is 56.1 Å². The first kappa shape index (κ1) is 25.6. The summed E-state index contributed by atoms with van der Waals surface area (Å²) in [5, 5.41) is 2.68. The zero-order valence-electron chi connectivity index (χ0n) is 19.6. The average Bonchev–Trinajstić information content (AvgIpc) is 3.36. The normalized spacial score (nSPS) is 15.2. The molecule has 1 aliphatic rings. The Hall–Kier alpha value is -3.04. The molecule has 0 aliphatic carbocycles. The minimum absolute atomic E-state index is 0.127. The molecule has 2 aromatic carbocycles. The summed E-state index contributed by atoms with van der Waals surface area (Å²) in [5.41, 5.74) is 1.58. The van der Waals surface area contributed by atoms with E-state index in [0.717, 1.165) is 18.4 Å². The van der Waals surface area contributed by atoms with Gasteiger partial charge >= 0.3 is 5.97 Å². The molecule has 34 heavy (non-hydrogen) atoms. The number of carbonyl (C=O) groups excluding carboxylic acids is 3. The van der Waals surface area contributed by atoms with E-state index in [9.17, 15) is 22.8 Å². The molecular formula is C25H30N2O6S. The molecule has 1 heterocycles. The summed E-state index contributed by atoms with van der Waals surface area (Å²) in [6, 6.07) is 11.7. The number of hydrogen-bond acceptors (Lipinski definition) is 6. The highest BCUT2D eigenvalue weighted by Gasteiger charge is 2.28. The topological polar surface area (TPSA) is 110 Å². The van der Waals surface area contributed by atoms with Crippen molar-refractivity contribution < 1.29 is 27.5 Å². The lowest BCUT2D eigenvalue weighted by molar-refractivity contribution is -0.145. The molecule has 0 spiro atoms. The maximum atomic E-state index is 12.6. The molecule has 0 radical (unpaired) electrons. The predicted molar refractivity (Wildman–Crippen MR) is 127 cm³/mol. The molecule has 1 fully saturated rings. The molecule has 0 saturated carbocycles. The highest BCUT2D eigenvalue weighted by Crippen LogP contribution is 2.21. The van der Waals surface area contributed by atoms with Crippen molar-refractivity contribution in [2.24, 2.45) is 5.92 Å².